The molecular formula is C23H23N7OS. The zero-order chi connectivity index (χ0) is 22.4. The fraction of sp³-hybridized carbons (Fsp3) is 0.217. The van der Waals surface area contributed by atoms with E-state index >= 15 is 0 Å². The van der Waals surface area contributed by atoms with E-state index < -0.39 is 0 Å². The third-order valence-corrected chi connectivity index (χ3v) is 5.94. The number of hydrogen-bond donors (Lipinski definition) is 0. The zero-order valence-corrected chi connectivity index (χ0v) is 19.0. The van der Waals surface area contributed by atoms with Crippen molar-refractivity contribution in [2.24, 2.45) is 7.05 Å². The van der Waals surface area contributed by atoms with E-state index in [2.05, 4.69) is 10.00 Å². The van der Waals surface area contributed by atoms with E-state index in [1.807, 2.05) is 86.3 Å². The van der Waals surface area contributed by atoms with Crippen LogP contribution in [-0.2, 0) is 20.3 Å². The molecule has 0 aliphatic heterocycles. The number of fused-ring (bicyclic) bond motifs is 3. The smallest absolute Gasteiger partial charge is 0.267 e. The van der Waals surface area contributed by atoms with E-state index in [-0.39, 0.29) is 5.56 Å². The number of benzene rings is 2. The molecule has 5 rings (SSSR count). The predicted octanol–water partition coefficient (Wildman–Crippen LogP) is 3.30. The highest BCUT2D eigenvalue weighted by atomic mass is 32.1. The molecule has 8 nitrogen and oxygen atoms in total. The van der Waals surface area contributed by atoms with Gasteiger partial charge >= 0.3 is 0 Å². The van der Waals surface area contributed by atoms with Crippen LogP contribution in [0.5, 0.6) is 0 Å². The van der Waals surface area contributed by atoms with E-state index in [0.29, 0.717) is 29.1 Å². The molecule has 5 aromatic rings. The molecule has 0 amide bonds. The summed E-state index contributed by atoms with van der Waals surface area (Å²) in [5.41, 5.74) is 3.53. The van der Waals surface area contributed by atoms with Gasteiger partial charge in [0.25, 0.3) is 5.56 Å². The molecule has 32 heavy (non-hydrogen) atoms. The second-order valence-electron chi connectivity index (χ2n) is 8.04. The SMILES string of the molecule is Cc1ccccc1-n1c(=O)c2ccccc2n2c(=S)n(CN(C)Cc3cnn(C)c3)nc12. The topological polar surface area (TPSA) is 65.3 Å². The molecule has 3 heterocycles. The number of rotatable bonds is 5. The zero-order valence-electron chi connectivity index (χ0n) is 18.1. The molecule has 9 heteroatoms. The van der Waals surface area contributed by atoms with Gasteiger partial charge in [-0.3, -0.25) is 18.8 Å². The summed E-state index contributed by atoms with van der Waals surface area (Å²) >= 11 is 5.83. The van der Waals surface area contributed by atoms with Gasteiger partial charge in [-0.1, -0.05) is 30.3 Å². The summed E-state index contributed by atoms with van der Waals surface area (Å²) in [5.74, 6) is 0.503. The normalized spacial score (nSPS) is 11.8. The van der Waals surface area contributed by atoms with Crippen molar-refractivity contribution < 1.29 is 0 Å². The van der Waals surface area contributed by atoms with Crippen LogP contribution >= 0.6 is 12.2 Å². The first kappa shape index (κ1) is 20.3. The molecule has 0 aliphatic carbocycles. The van der Waals surface area contributed by atoms with Crippen molar-refractivity contribution in [1.82, 2.24) is 33.4 Å². The summed E-state index contributed by atoms with van der Waals surface area (Å²) in [6, 6.07) is 15.3. The molecule has 0 unspecified atom stereocenters. The van der Waals surface area contributed by atoms with Crippen molar-refractivity contribution in [3.63, 3.8) is 0 Å². The minimum Gasteiger partial charge on any atom is -0.283 e. The lowest BCUT2D eigenvalue weighted by molar-refractivity contribution is 0.244. The molecule has 0 saturated heterocycles. The van der Waals surface area contributed by atoms with Crippen molar-refractivity contribution >= 4 is 28.9 Å². The minimum atomic E-state index is -0.113. The Morgan fingerprint density at radius 3 is 2.59 bits per heavy atom. The highest BCUT2D eigenvalue weighted by Gasteiger charge is 2.18. The lowest BCUT2D eigenvalue weighted by Crippen LogP contribution is -2.23. The average Bonchev–Trinajstić information content (AvgIpc) is 3.32. The van der Waals surface area contributed by atoms with Gasteiger partial charge in [0.05, 0.1) is 29.5 Å². The molecule has 0 fully saturated rings. The first-order valence-electron chi connectivity index (χ1n) is 10.3. The van der Waals surface area contributed by atoms with E-state index in [1.165, 1.54) is 0 Å². The van der Waals surface area contributed by atoms with Crippen LogP contribution in [0.2, 0.25) is 0 Å². The number of aryl methyl sites for hydroxylation is 2. The molecule has 0 spiro atoms. The highest BCUT2D eigenvalue weighted by Crippen LogP contribution is 2.19. The Kier molecular flexibility index (Phi) is 4.99. The maximum atomic E-state index is 13.5. The van der Waals surface area contributed by atoms with Gasteiger partial charge in [0.1, 0.15) is 0 Å². The summed E-state index contributed by atoms with van der Waals surface area (Å²) in [4.78, 5) is 15.6. The van der Waals surface area contributed by atoms with Crippen LogP contribution in [0.3, 0.4) is 0 Å². The molecule has 0 atom stereocenters. The van der Waals surface area contributed by atoms with Crippen LogP contribution in [0.4, 0.5) is 0 Å². The van der Waals surface area contributed by atoms with Gasteiger partial charge in [-0.05, 0) is 50.0 Å². The third-order valence-electron chi connectivity index (χ3n) is 5.54. The molecular weight excluding hydrogens is 422 g/mol. The Morgan fingerprint density at radius 2 is 1.84 bits per heavy atom. The molecule has 2 aromatic carbocycles. The van der Waals surface area contributed by atoms with Gasteiger partial charge in [0, 0.05) is 25.4 Å². The van der Waals surface area contributed by atoms with Gasteiger partial charge in [-0.2, -0.15) is 5.10 Å². The van der Waals surface area contributed by atoms with Gasteiger partial charge in [-0.15, -0.1) is 5.10 Å². The Labute approximate surface area is 189 Å². The van der Waals surface area contributed by atoms with Gasteiger partial charge in [0.15, 0.2) is 0 Å². The van der Waals surface area contributed by atoms with Crippen LogP contribution in [0.1, 0.15) is 11.1 Å². The Balaban J connectivity index is 1.71. The highest BCUT2D eigenvalue weighted by molar-refractivity contribution is 7.71. The van der Waals surface area contributed by atoms with Crippen molar-refractivity contribution in [1.29, 1.82) is 0 Å². The molecule has 0 bridgehead atoms. The molecule has 0 saturated carbocycles. The largest absolute Gasteiger partial charge is 0.283 e. The fourth-order valence-electron chi connectivity index (χ4n) is 4.08. The summed E-state index contributed by atoms with van der Waals surface area (Å²) in [6.07, 6.45) is 3.84. The number of nitrogens with zero attached hydrogens (tertiary/aromatic N) is 7. The Bertz CT molecular complexity index is 1570. The van der Waals surface area contributed by atoms with Crippen molar-refractivity contribution in [2.75, 3.05) is 7.05 Å². The summed E-state index contributed by atoms with van der Waals surface area (Å²) in [6.45, 7) is 3.17. The monoisotopic (exact) mass is 445 g/mol. The lowest BCUT2D eigenvalue weighted by Gasteiger charge is -2.14. The van der Waals surface area contributed by atoms with Gasteiger partial charge in [-0.25, -0.2) is 9.25 Å². The van der Waals surface area contributed by atoms with E-state index in [4.69, 9.17) is 17.3 Å². The van der Waals surface area contributed by atoms with Crippen LogP contribution in [0, 0.1) is 11.7 Å². The van der Waals surface area contributed by atoms with Crippen LogP contribution < -0.4 is 5.56 Å². The van der Waals surface area contributed by atoms with E-state index in [9.17, 15) is 4.79 Å². The van der Waals surface area contributed by atoms with E-state index in [0.717, 1.165) is 22.3 Å². The quantitative estimate of drug-likeness (QED) is 0.389. The average molecular weight is 446 g/mol. The molecule has 0 N–H and O–H groups in total. The van der Waals surface area contributed by atoms with Gasteiger partial charge in [0.2, 0.25) is 10.5 Å². The van der Waals surface area contributed by atoms with E-state index in [1.54, 1.807) is 13.9 Å². The first-order chi connectivity index (χ1) is 15.4. The first-order valence-corrected chi connectivity index (χ1v) is 10.7. The second-order valence-corrected chi connectivity index (χ2v) is 8.40. The fourth-order valence-corrected chi connectivity index (χ4v) is 4.36. The standard InChI is InChI=1S/C23H23N7OS/c1-16-8-4-6-10-19(16)29-21(31)18-9-5-7-11-20(18)30-22(29)25-28(23(30)32)15-26(2)13-17-12-24-27(3)14-17/h4-12,14H,13,15H2,1-3H3. The van der Waals surface area contributed by atoms with Crippen LogP contribution in [-0.4, -0.2) is 40.5 Å². The predicted molar refractivity (Wildman–Crippen MR) is 127 cm³/mol. The third kappa shape index (κ3) is 3.35. The lowest BCUT2D eigenvalue weighted by atomic mass is 10.2. The minimum absolute atomic E-state index is 0.113. The number of aromatic nitrogens is 6. The maximum absolute atomic E-state index is 13.5. The molecule has 0 radical (unpaired) electrons. The Morgan fingerprint density at radius 1 is 1.09 bits per heavy atom. The number of hydrogen-bond acceptors (Lipinski definition) is 5. The molecule has 3 aromatic heterocycles. The Hall–Kier alpha value is -3.56. The maximum Gasteiger partial charge on any atom is 0.267 e. The van der Waals surface area contributed by atoms with Crippen LogP contribution in [0.15, 0.2) is 65.7 Å². The van der Waals surface area contributed by atoms with Crippen molar-refractivity contribution in [3.8, 4) is 5.69 Å². The molecule has 162 valence electrons. The molecule has 0 aliphatic rings. The summed E-state index contributed by atoms with van der Waals surface area (Å²) < 4.78 is 7.63. The van der Waals surface area contributed by atoms with Crippen molar-refractivity contribution in [2.45, 2.75) is 20.1 Å². The number of para-hydroxylation sites is 2. The van der Waals surface area contributed by atoms with Crippen LogP contribution in [0.25, 0.3) is 22.4 Å². The summed E-state index contributed by atoms with van der Waals surface area (Å²) in [7, 11) is 3.91. The second kappa shape index (κ2) is 7.85. The van der Waals surface area contributed by atoms with Gasteiger partial charge < -0.3 is 0 Å². The summed E-state index contributed by atoms with van der Waals surface area (Å²) in [5, 5.41) is 9.63. The van der Waals surface area contributed by atoms with Crippen molar-refractivity contribution in [3.05, 3.63) is 87.2 Å².